The highest BCUT2D eigenvalue weighted by molar-refractivity contribution is 5.91. The van der Waals surface area contributed by atoms with Crippen LogP contribution in [0.3, 0.4) is 0 Å². The minimum atomic E-state index is -0.758. The third-order valence-corrected chi connectivity index (χ3v) is 12.7. The number of rotatable bonds is 9. The lowest BCUT2D eigenvalue weighted by atomic mass is 9.38. The number of hydrogen-bond acceptors (Lipinski definition) is 7. The molecule has 0 bridgehead atoms. The summed E-state index contributed by atoms with van der Waals surface area (Å²) < 4.78 is 16.0. The van der Waals surface area contributed by atoms with Crippen molar-refractivity contribution in [3.8, 4) is 0 Å². The standard InChI is InChI=1S/C35H54O7/c1-22(11-10-15-31(2,3)41-9)23-14-16-34(7)30-26(37)19-25-24(35(30,21-36)18-17-33(23,34)6)12-13-27(32(25,4)5)42-29(39)20-28(38)40-8/h10,15,19,21-24,26-27,30,37H,11-14,16-18,20H2,1-9H3/b15-10+/t22-,23-,24-,26+,27+,30+,33-,34+,35-/m1/s1. The van der Waals surface area contributed by atoms with E-state index in [4.69, 9.17) is 9.47 Å². The molecule has 0 radical (unpaired) electrons. The Balaban J connectivity index is 1.63. The smallest absolute Gasteiger partial charge is 0.317 e. The van der Waals surface area contributed by atoms with Gasteiger partial charge in [0, 0.05) is 23.9 Å². The summed E-state index contributed by atoms with van der Waals surface area (Å²) in [6.07, 6.45) is 12.1. The summed E-state index contributed by atoms with van der Waals surface area (Å²) in [5, 5.41) is 12.0. The van der Waals surface area contributed by atoms with E-state index < -0.39 is 41.4 Å². The van der Waals surface area contributed by atoms with Crippen molar-refractivity contribution in [2.24, 2.45) is 45.3 Å². The normalized spacial score (nSPS) is 39.9. The maximum Gasteiger partial charge on any atom is 0.317 e. The molecule has 4 rings (SSSR count). The van der Waals surface area contributed by atoms with E-state index in [1.54, 1.807) is 7.11 Å². The van der Waals surface area contributed by atoms with E-state index in [9.17, 15) is 19.5 Å². The first kappa shape index (κ1) is 32.9. The van der Waals surface area contributed by atoms with E-state index in [2.05, 4.69) is 51.5 Å². The monoisotopic (exact) mass is 586 g/mol. The lowest BCUT2D eigenvalue weighted by Crippen LogP contribution is -2.64. The summed E-state index contributed by atoms with van der Waals surface area (Å²) in [5.41, 5.74) is -0.678. The minimum Gasteiger partial charge on any atom is -0.469 e. The quantitative estimate of drug-likeness (QED) is 0.148. The van der Waals surface area contributed by atoms with Gasteiger partial charge in [0.1, 0.15) is 18.8 Å². The maximum atomic E-state index is 13.4. The Morgan fingerprint density at radius 3 is 2.36 bits per heavy atom. The lowest BCUT2D eigenvalue weighted by Gasteiger charge is -2.66. The lowest BCUT2D eigenvalue weighted by molar-refractivity contribution is -0.186. The zero-order valence-electron chi connectivity index (χ0n) is 27.3. The minimum absolute atomic E-state index is 0.00832. The molecule has 0 saturated heterocycles. The van der Waals surface area contributed by atoms with Gasteiger partial charge in [0.05, 0.1) is 18.8 Å². The van der Waals surface area contributed by atoms with Gasteiger partial charge in [-0.25, -0.2) is 0 Å². The average molecular weight is 587 g/mol. The van der Waals surface area contributed by atoms with Gasteiger partial charge in [-0.15, -0.1) is 0 Å². The topological polar surface area (TPSA) is 99.1 Å². The number of ether oxygens (including phenoxy) is 3. The summed E-state index contributed by atoms with van der Waals surface area (Å²) in [4.78, 5) is 37.5. The Morgan fingerprint density at radius 2 is 1.74 bits per heavy atom. The molecule has 0 heterocycles. The molecule has 0 aromatic rings. The van der Waals surface area contributed by atoms with E-state index in [1.807, 2.05) is 19.9 Å². The molecule has 1 N–H and O–H groups in total. The maximum absolute atomic E-state index is 13.4. The van der Waals surface area contributed by atoms with Crippen molar-refractivity contribution in [2.75, 3.05) is 14.2 Å². The number of allylic oxidation sites excluding steroid dienone is 1. The number of hydrogen-bond donors (Lipinski definition) is 1. The molecule has 0 aromatic heterocycles. The molecule has 0 amide bonds. The number of aliphatic hydroxyl groups excluding tert-OH is 1. The average Bonchev–Trinajstić information content (AvgIpc) is 3.20. The van der Waals surface area contributed by atoms with Crippen molar-refractivity contribution in [1.82, 2.24) is 0 Å². The van der Waals surface area contributed by atoms with Gasteiger partial charge in [-0.1, -0.05) is 58.4 Å². The number of aliphatic hydroxyl groups is 1. The van der Waals surface area contributed by atoms with Crippen molar-refractivity contribution < 1.29 is 33.7 Å². The third-order valence-electron chi connectivity index (χ3n) is 12.7. The third kappa shape index (κ3) is 5.21. The Hall–Kier alpha value is -1.99. The molecule has 0 aliphatic heterocycles. The Morgan fingerprint density at radius 1 is 1.05 bits per heavy atom. The second-order valence-electron chi connectivity index (χ2n) is 15.3. The second kappa shape index (κ2) is 11.5. The van der Waals surface area contributed by atoms with Crippen LogP contribution in [0.1, 0.15) is 99.8 Å². The van der Waals surface area contributed by atoms with Crippen LogP contribution in [0.4, 0.5) is 0 Å². The number of fused-ring (bicyclic) bond motifs is 5. The van der Waals surface area contributed by atoms with Gasteiger partial charge < -0.3 is 24.1 Å². The summed E-state index contributed by atoms with van der Waals surface area (Å²) in [6.45, 7) is 15.3. The number of carbonyl (C=O) groups excluding carboxylic acids is 3. The fraction of sp³-hybridized carbons (Fsp3) is 0.800. The molecule has 0 unspecified atom stereocenters. The molecular weight excluding hydrogens is 532 g/mol. The van der Waals surface area contributed by atoms with Crippen LogP contribution >= 0.6 is 0 Å². The first-order chi connectivity index (χ1) is 19.5. The molecule has 42 heavy (non-hydrogen) atoms. The van der Waals surface area contributed by atoms with Crippen molar-refractivity contribution in [3.63, 3.8) is 0 Å². The SMILES string of the molecule is COC(=O)CC(=O)O[C@H]1CC[C@@H]2C(=C[C@H](O)[C@@H]3[C@@]2(C=O)CC[C@]2(C)[C@@H]([C@H](C)C/C=C/C(C)(C)OC)CC[C@@]32C)C1(C)C. The van der Waals surface area contributed by atoms with E-state index >= 15 is 0 Å². The first-order valence-electron chi connectivity index (χ1n) is 15.9. The van der Waals surface area contributed by atoms with Gasteiger partial charge >= 0.3 is 11.9 Å². The first-order valence-corrected chi connectivity index (χ1v) is 15.9. The molecule has 3 fully saturated rings. The molecule has 0 aromatic carbocycles. The zero-order valence-corrected chi connectivity index (χ0v) is 27.3. The Kier molecular flexibility index (Phi) is 9.01. The van der Waals surface area contributed by atoms with Gasteiger partial charge in [-0.3, -0.25) is 9.59 Å². The van der Waals surface area contributed by atoms with Crippen LogP contribution in [-0.4, -0.2) is 55.4 Å². The summed E-state index contributed by atoms with van der Waals surface area (Å²) in [6, 6.07) is 0. The summed E-state index contributed by atoms with van der Waals surface area (Å²) in [7, 11) is 2.98. The fourth-order valence-electron chi connectivity index (χ4n) is 9.94. The van der Waals surface area contributed by atoms with E-state index in [-0.39, 0.29) is 28.3 Å². The Bertz CT molecular complexity index is 1120. The van der Waals surface area contributed by atoms with Gasteiger partial charge in [-0.2, -0.15) is 0 Å². The van der Waals surface area contributed by atoms with Gasteiger partial charge in [-0.05, 0) is 87.4 Å². The van der Waals surface area contributed by atoms with Crippen molar-refractivity contribution in [1.29, 1.82) is 0 Å². The molecule has 3 saturated carbocycles. The highest BCUT2D eigenvalue weighted by atomic mass is 16.6. The van der Waals surface area contributed by atoms with Gasteiger partial charge in [0.15, 0.2) is 0 Å². The van der Waals surface area contributed by atoms with Crippen LogP contribution in [0.2, 0.25) is 0 Å². The van der Waals surface area contributed by atoms with E-state index in [1.165, 1.54) is 13.4 Å². The fourth-order valence-corrected chi connectivity index (χ4v) is 9.94. The number of aldehydes is 1. The molecule has 9 atom stereocenters. The number of esters is 2. The van der Waals surface area contributed by atoms with Crippen LogP contribution in [0.15, 0.2) is 23.8 Å². The number of carbonyl (C=O) groups is 3. The van der Waals surface area contributed by atoms with E-state index in [0.717, 1.165) is 37.7 Å². The van der Waals surface area contributed by atoms with Gasteiger partial charge in [0.2, 0.25) is 0 Å². The largest absolute Gasteiger partial charge is 0.469 e. The highest BCUT2D eigenvalue weighted by Gasteiger charge is 2.70. The van der Waals surface area contributed by atoms with Crippen molar-refractivity contribution >= 4 is 18.2 Å². The van der Waals surface area contributed by atoms with Gasteiger partial charge in [0.25, 0.3) is 0 Å². The molecule has 4 aliphatic rings. The molecular formula is C35H54O7. The molecule has 4 aliphatic carbocycles. The molecule has 236 valence electrons. The molecule has 7 heteroatoms. The van der Waals surface area contributed by atoms with Crippen LogP contribution in [-0.2, 0) is 28.6 Å². The molecule has 7 nitrogen and oxygen atoms in total. The van der Waals surface area contributed by atoms with Crippen molar-refractivity contribution in [3.05, 3.63) is 23.8 Å². The second-order valence-corrected chi connectivity index (χ2v) is 15.3. The predicted octanol–water partition coefficient (Wildman–Crippen LogP) is 6.22. The van der Waals surface area contributed by atoms with E-state index in [0.29, 0.717) is 24.7 Å². The highest BCUT2D eigenvalue weighted by Crippen LogP contribution is 2.74. The zero-order chi connectivity index (χ0) is 31.3. The van der Waals surface area contributed by atoms with Crippen LogP contribution < -0.4 is 0 Å². The summed E-state index contributed by atoms with van der Waals surface area (Å²) in [5.74, 6) is -0.424. The predicted molar refractivity (Wildman–Crippen MR) is 161 cm³/mol. The van der Waals surface area contributed by atoms with Crippen LogP contribution in [0.5, 0.6) is 0 Å². The van der Waals surface area contributed by atoms with Crippen LogP contribution in [0, 0.1) is 45.3 Å². The number of methoxy groups -OCH3 is 2. The summed E-state index contributed by atoms with van der Waals surface area (Å²) >= 11 is 0. The Labute approximate surface area is 252 Å². The molecule has 0 spiro atoms. The van der Waals surface area contributed by atoms with Crippen LogP contribution in [0.25, 0.3) is 0 Å². The van der Waals surface area contributed by atoms with Crippen molar-refractivity contribution in [2.45, 2.75) is 118 Å².